The molecule has 3 aromatic carbocycles. The van der Waals surface area contributed by atoms with Crippen LogP contribution in [0, 0.1) is 0 Å². The maximum absolute atomic E-state index is 12.2. The van der Waals surface area contributed by atoms with Crippen LogP contribution in [0.3, 0.4) is 0 Å². The average Bonchev–Trinajstić information content (AvgIpc) is 2.80. The summed E-state index contributed by atoms with van der Waals surface area (Å²) in [6.07, 6.45) is 2.31. The molecule has 1 heterocycles. The number of amides is 1. The molecule has 4 nitrogen and oxygen atoms in total. The molecule has 0 atom stereocenters. The predicted molar refractivity (Wildman–Crippen MR) is 121 cm³/mol. The Morgan fingerprint density at radius 2 is 1.63 bits per heavy atom. The third kappa shape index (κ3) is 5.01. The number of nitrogens with one attached hydrogen (secondary N) is 1. The van der Waals surface area contributed by atoms with Crippen molar-refractivity contribution in [1.29, 1.82) is 0 Å². The fourth-order valence-corrected chi connectivity index (χ4v) is 3.93. The van der Waals surface area contributed by atoms with E-state index in [9.17, 15) is 4.79 Å². The number of methoxy groups -OCH3 is 1. The lowest BCUT2D eigenvalue weighted by molar-refractivity contribution is -0.120. The lowest BCUT2D eigenvalue weighted by Gasteiger charge is -2.30. The Labute approximate surface area is 178 Å². The van der Waals surface area contributed by atoms with Crippen molar-refractivity contribution in [2.45, 2.75) is 25.8 Å². The van der Waals surface area contributed by atoms with E-state index >= 15 is 0 Å². The van der Waals surface area contributed by atoms with Crippen LogP contribution in [-0.2, 0) is 30.6 Å². The second kappa shape index (κ2) is 9.49. The third-order valence-electron chi connectivity index (χ3n) is 5.69. The van der Waals surface area contributed by atoms with Crippen molar-refractivity contribution < 1.29 is 9.53 Å². The Morgan fingerprint density at radius 1 is 0.933 bits per heavy atom. The lowest BCUT2D eigenvalue weighted by Crippen LogP contribution is -2.30. The summed E-state index contributed by atoms with van der Waals surface area (Å²) in [5.41, 5.74) is 6.38. The molecule has 1 aliphatic heterocycles. The SMILES string of the molecule is COc1ccc(CC(=O)NCCc2ccc(N3CCc4ccccc4C3)cc2)cc1. The number of fused-ring (bicyclic) bond motifs is 1. The summed E-state index contributed by atoms with van der Waals surface area (Å²) < 4.78 is 5.15. The highest BCUT2D eigenvalue weighted by Gasteiger charge is 2.15. The van der Waals surface area contributed by atoms with Crippen molar-refractivity contribution in [2.75, 3.05) is 25.1 Å². The number of nitrogens with zero attached hydrogens (tertiary/aromatic N) is 1. The zero-order chi connectivity index (χ0) is 20.8. The van der Waals surface area contributed by atoms with E-state index in [1.54, 1.807) is 7.11 Å². The fourth-order valence-electron chi connectivity index (χ4n) is 3.93. The molecule has 1 N–H and O–H groups in total. The van der Waals surface area contributed by atoms with Gasteiger partial charge in [-0.15, -0.1) is 0 Å². The summed E-state index contributed by atoms with van der Waals surface area (Å²) in [5.74, 6) is 0.847. The zero-order valence-corrected chi connectivity index (χ0v) is 17.4. The minimum atomic E-state index is 0.0452. The van der Waals surface area contributed by atoms with Gasteiger partial charge in [0.2, 0.25) is 5.91 Å². The quantitative estimate of drug-likeness (QED) is 0.648. The number of hydrogen-bond donors (Lipinski definition) is 1. The first kappa shape index (κ1) is 20.0. The van der Waals surface area contributed by atoms with Crippen LogP contribution < -0.4 is 15.0 Å². The van der Waals surface area contributed by atoms with Crippen LogP contribution in [0.4, 0.5) is 5.69 Å². The van der Waals surface area contributed by atoms with E-state index in [2.05, 4.69) is 58.7 Å². The van der Waals surface area contributed by atoms with Gasteiger partial charge in [-0.2, -0.15) is 0 Å². The molecule has 0 saturated carbocycles. The molecule has 3 aromatic rings. The fraction of sp³-hybridized carbons (Fsp3) is 0.269. The maximum atomic E-state index is 12.2. The highest BCUT2D eigenvalue weighted by atomic mass is 16.5. The molecule has 0 unspecified atom stereocenters. The lowest BCUT2D eigenvalue weighted by atomic mass is 9.99. The van der Waals surface area contributed by atoms with Crippen LogP contribution in [0.25, 0.3) is 0 Å². The van der Waals surface area contributed by atoms with Gasteiger partial charge >= 0.3 is 0 Å². The number of benzene rings is 3. The van der Waals surface area contributed by atoms with E-state index in [-0.39, 0.29) is 5.91 Å². The van der Waals surface area contributed by atoms with Gasteiger partial charge in [-0.25, -0.2) is 0 Å². The summed E-state index contributed by atoms with van der Waals surface area (Å²) >= 11 is 0. The molecule has 0 fully saturated rings. The van der Waals surface area contributed by atoms with Crippen molar-refractivity contribution in [3.05, 3.63) is 95.1 Å². The van der Waals surface area contributed by atoms with Gasteiger partial charge in [0.15, 0.2) is 0 Å². The smallest absolute Gasteiger partial charge is 0.224 e. The van der Waals surface area contributed by atoms with Gasteiger partial charge in [0.25, 0.3) is 0 Å². The van der Waals surface area contributed by atoms with Gasteiger partial charge in [0.05, 0.1) is 13.5 Å². The monoisotopic (exact) mass is 400 g/mol. The molecular formula is C26H28N2O2. The molecule has 154 valence electrons. The molecule has 4 rings (SSSR count). The minimum absolute atomic E-state index is 0.0452. The summed E-state index contributed by atoms with van der Waals surface area (Å²) in [6.45, 7) is 2.67. The number of carbonyl (C=O) groups is 1. The van der Waals surface area contributed by atoms with E-state index in [1.165, 1.54) is 22.4 Å². The summed E-state index contributed by atoms with van der Waals surface area (Å²) in [4.78, 5) is 14.6. The predicted octanol–water partition coefficient (Wildman–Crippen LogP) is 4.16. The Bertz CT molecular complexity index is 981. The number of hydrogen-bond acceptors (Lipinski definition) is 3. The standard InChI is InChI=1S/C26H28N2O2/c1-30-25-12-8-21(9-13-25)18-26(29)27-16-14-20-6-10-24(11-7-20)28-17-15-22-4-2-3-5-23(22)19-28/h2-13H,14-19H2,1H3,(H,27,29). The van der Waals surface area contributed by atoms with Gasteiger partial charge in [-0.1, -0.05) is 48.5 Å². The molecule has 1 amide bonds. The number of carbonyl (C=O) groups excluding carboxylic acids is 1. The highest BCUT2D eigenvalue weighted by Crippen LogP contribution is 2.24. The molecule has 30 heavy (non-hydrogen) atoms. The summed E-state index contributed by atoms with van der Waals surface area (Å²) in [6, 6.07) is 25.1. The van der Waals surface area contributed by atoms with Gasteiger partial charge in [0, 0.05) is 25.3 Å². The van der Waals surface area contributed by atoms with Gasteiger partial charge in [-0.3, -0.25) is 4.79 Å². The van der Waals surface area contributed by atoms with Crippen molar-refractivity contribution >= 4 is 11.6 Å². The van der Waals surface area contributed by atoms with Crippen LogP contribution >= 0.6 is 0 Å². The van der Waals surface area contributed by atoms with Crippen LogP contribution in [0.1, 0.15) is 22.3 Å². The van der Waals surface area contributed by atoms with Crippen LogP contribution in [0.15, 0.2) is 72.8 Å². The molecule has 0 spiro atoms. The molecule has 0 bridgehead atoms. The van der Waals surface area contributed by atoms with E-state index < -0.39 is 0 Å². The molecule has 0 aliphatic carbocycles. The molecule has 1 aliphatic rings. The summed E-state index contributed by atoms with van der Waals surface area (Å²) in [5, 5.41) is 3.02. The van der Waals surface area contributed by atoms with E-state index in [0.29, 0.717) is 13.0 Å². The van der Waals surface area contributed by atoms with Crippen LogP contribution in [0.5, 0.6) is 5.75 Å². The molecule has 0 saturated heterocycles. The van der Waals surface area contributed by atoms with E-state index in [0.717, 1.165) is 37.2 Å². The van der Waals surface area contributed by atoms with Gasteiger partial charge < -0.3 is 15.0 Å². The maximum Gasteiger partial charge on any atom is 0.224 e. The second-order valence-corrected chi connectivity index (χ2v) is 7.73. The molecule has 0 radical (unpaired) electrons. The third-order valence-corrected chi connectivity index (χ3v) is 5.69. The van der Waals surface area contributed by atoms with E-state index in [1.807, 2.05) is 24.3 Å². The second-order valence-electron chi connectivity index (χ2n) is 7.73. The topological polar surface area (TPSA) is 41.6 Å². The van der Waals surface area contributed by atoms with Gasteiger partial charge in [0.1, 0.15) is 5.75 Å². The minimum Gasteiger partial charge on any atom is -0.497 e. The number of ether oxygens (including phenoxy) is 1. The molecule has 4 heteroatoms. The largest absolute Gasteiger partial charge is 0.497 e. The van der Waals surface area contributed by atoms with Crippen molar-refractivity contribution in [1.82, 2.24) is 5.32 Å². The zero-order valence-electron chi connectivity index (χ0n) is 17.4. The Kier molecular flexibility index (Phi) is 6.33. The van der Waals surface area contributed by atoms with Crippen LogP contribution in [0.2, 0.25) is 0 Å². The van der Waals surface area contributed by atoms with Crippen molar-refractivity contribution in [2.24, 2.45) is 0 Å². The molecular weight excluding hydrogens is 372 g/mol. The van der Waals surface area contributed by atoms with Crippen molar-refractivity contribution in [3.63, 3.8) is 0 Å². The van der Waals surface area contributed by atoms with Crippen molar-refractivity contribution in [3.8, 4) is 5.75 Å². The van der Waals surface area contributed by atoms with Gasteiger partial charge in [-0.05, 0) is 59.4 Å². The first-order valence-corrected chi connectivity index (χ1v) is 10.5. The first-order valence-electron chi connectivity index (χ1n) is 10.5. The average molecular weight is 401 g/mol. The normalized spacial score (nSPS) is 12.9. The van der Waals surface area contributed by atoms with Crippen LogP contribution in [-0.4, -0.2) is 26.1 Å². The number of anilines is 1. The Morgan fingerprint density at radius 3 is 2.37 bits per heavy atom. The Hall–Kier alpha value is -3.27. The molecule has 0 aromatic heterocycles. The number of rotatable bonds is 7. The van der Waals surface area contributed by atoms with E-state index in [4.69, 9.17) is 4.74 Å². The first-order chi connectivity index (χ1) is 14.7. The summed E-state index contributed by atoms with van der Waals surface area (Å²) in [7, 11) is 1.64. The Balaban J connectivity index is 1.24. The highest BCUT2D eigenvalue weighted by molar-refractivity contribution is 5.78.